The van der Waals surface area contributed by atoms with Crippen molar-refractivity contribution in [2.24, 2.45) is 0 Å². The molecule has 1 N–H and O–H groups in total. The first-order valence-electron chi connectivity index (χ1n) is 9.64. The quantitative estimate of drug-likeness (QED) is 0.611. The Kier molecular flexibility index (Phi) is 4.68. The molecule has 0 amide bonds. The van der Waals surface area contributed by atoms with E-state index in [-0.39, 0.29) is 11.0 Å². The normalized spacial score (nSPS) is 14.7. The number of H-pyrrole nitrogens is 1. The number of hydrogen-bond acceptors (Lipinski definition) is 4. The number of aromatic amines is 1. The molecule has 0 atom stereocenters. The van der Waals surface area contributed by atoms with Gasteiger partial charge in [0, 0.05) is 4.88 Å². The largest absolute Gasteiger partial charge is 0.305 e. The summed E-state index contributed by atoms with van der Waals surface area (Å²) >= 11 is 1.60. The van der Waals surface area contributed by atoms with E-state index < -0.39 is 0 Å². The summed E-state index contributed by atoms with van der Waals surface area (Å²) in [6, 6.07) is 10.3. The van der Waals surface area contributed by atoms with Crippen molar-refractivity contribution in [3.8, 4) is 6.07 Å². The van der Waals surface area contributed by atoms with Crippen LogP contribution in [0.5, 0.6) is 0 Å². The molecule has 1 aliphatic rings. The Hall–Kier alpha value is -2.71. The van der Waals surface area contributed by atoms with Crippen LogP contribution in [0.4, 0.5) is 0 Å². The highest BCUT2D eigenvalue weighted by Gasteiger charge is 2.20. The number of fused-ring (bicyclic) bond motifs is 3. The van der Waals surface area contributed by atoms with Gasteiger partial charge in [-0.3, -0.25) is 4.79 Å². The maximum Gasteiger partial charge on any atom is 0.260 e. The van der Waals surface area contributed by atoms with Gasteiger partial charge in [-0.05, 0) is 53.9 Å². The van der Waals surface area contributed by atoms with Crippen LogP contribution in [-0.2, 0) is 18.3 Å². The summed E-state index contributed by atoms with van der Waals surface area (Å²) < 4.78 is 0. The fourth-order valence-corrected chi connectivity index (χ4v) is 4.95. The highest BCUT2D eigenvalue weighted by atomic mass is 32.1. The van der Waals surface area contributed by atoms with Crippen LogP contribution in [-0.4, -0.2) is 9.97 Å². The SMILES string of the molecule is CC(C)(C)c1ccc(/C=C(\C#N)c2nc3sc4c(c3c(=O)[nH]2)CCCC4)cc1. The minimum absolute atomic E-state index is 0.0798. The first-order chi connectivity index (χ1) is 13.4. The molecular weight excluding hydrogens is 366 g/mol. The van der Waals surface area contributed by atoms with Gasteiger partial charge in [0.2, 0.25) is 0 Å². The van der Waals surface area contributed by atoms with Gasteiger partial charge in [0.25, 0.3) is 5.56 Å². The van der Waals surface area contributed by atoms with Crippen LogP contribution in [0.3, 0.4) is 0 Å². The summed E-state index contributed by atoms with van der Waals surface area (Å²) in [7, 11) is 0. The molecule has 2 aromatic heterocycles. The molecule has 0 spiro atoms. The third-order valence-electron chi connectivity index (χ3n) is 5.29. The van der Waals surface area contributed by atoms with Gasteiger partial charge < -0.3 is 4.98 Å². The molecule has 0 aliphatic heterocycles. The zero-order chi connectivity index (χ0) is 19.9. The molecule has 4 rings (SSSR count). The van der Waals surface area contributed by atoms with Gasteiger partial charge in [-0.25, -0.2) is 4.98 Å². The molecule has 3 aromatic rings. The van der Waals surface area contributed by atoms with Crippen LogP contribution in [0, 0.1) is 11.3 Å². The van der Waals surface area contributed by atoms with Crippen molar-refractivity contribution in [1.29, 1.82) is 5.26 Å². The van der Waals surface area contributed by atoms with Gasteiger partial charge in [-0.15, -0.1) is 11.3 Å². The van der Waals surface area contributed by atoms with Gasteiger partial charge in [-0.2, -0.15) is 5.26 Å². The predicted octanol–water partition coefficient (Wildman–Crippen LogP) is 5.23. The fourth-order valence-electron chi connectivity index (χ4n) is 3.69. The Labute approximate surface area is 168 Å². The van der Waals surface area contributed by atoms with E-state index in [0.29, 0.717) is 11.4 Å². The first kappa shape index (κ1) is 18.6. The Morgan fingerprint density at radius 3 is 2.61 bits per heavy atom. The van der Waals surface area contributed by atoms with E-state index in [9.17, 15) is 10.1 Å². The standard InChI is InChI=1S/C23H23N3OS/c1-23(2,3)16-10-8-14(9-11-16)12-15(13-24)20-25-21(27)19-17-6-4-5-7-18(17)28-22(19)26-20/h8-12H,4-7H2,1-3H3,(H,25,26,27)/b15-12+. The van der Waals surface area contributed by atoms with Crippen molar-refractivity contribution < 1.29 is 0 Å². The molecule has 28 heavy (non-hydrogen) atoms. The van der Waals surface area contributed by atoms with E-state index >= 15 is 0 Å². The van der Waals surface area contributed by atoms with E-state index in [1.807, 2.05) is 12.1 Å². The van der Waals surface area contributed by atoms with Gasteiger partial charge in [-0.1, -0.05) is 45.0 Å². The van der Waals surface area contributed by atoms with Crippen molar-refractivity contribution in [3.05, 3.63) is 62.0 Å². The summed E-state index contributed by atoms with van der Waals surface area (Å²) in [4.78, 5) is 22.2. The van der Waals surface area contributed by atoms with Crippen LogP contribution >= 0.6 is 11.3 Å². The van der Waals surface area contributed by atoms with Crippen LogP contribution in [0.15, 0.2) is 29.1 Å². The van der Waals surface area contributed by atoms with Crippen LogP contribution in [0.1, 0.15) is 61.0 Å². The number of aromatic nitrogens is 2. The van der Waals surface area contributed by atoms with Crippen molar-refractivity contribution in [3.63, 3.8) is 0 Å². The van der Waals surface area contributed by atoms with Crippen LogP contribution in [0.25, 0.3) is 21.9 Å². The number of rotatable bonds is 2. The lowest BCUT2D eigenvalue weighted by Crippen LogP contribution is -2.12. The predicted molar refractivity (Wildman–Crippen MR) is 116 cm³/mol. The Morgan fingerprint density at radius 1 is 1.21 bits per heavy atom. The molecule has 0 radical (unpaired) electrons. The molecule has 142 valence electrons. The average molecular weight is 390 g/mol. The summed E-state index contributed by atoms with van der Waals surface area (Å²) in [5, 5.41) is 10.4. The number of nitriles is 1. The Bertz CT molecular complexity index is 1170. The molecule has 5 heteroatoms. The summed E-state index contributed by atoms with van der Waals surface area (Å²) in [5.41, 5.74) is 3.62. The molecule has 0 saturated heterocycles. The summed E-state index contributed by atoms with van der Waals surface area (Å²) in [6.45, 7) is 6.51. The monoisotopic (exact) mass is 389 g/mol. The van der Waals surface area contributed by atoms with Gasteiger partial charge >= 0.3 is 0 Å². The lowest BCUT2D eigenvalue weighted by Gasteiger charge is -2.18. The Morgan fingerprint density at radius 2 is 1.93 bits per heavy atom. The van der Waals surface area contributed by atoms with Crippen LogP contribution < -0.4 is 5.56 Å². The summed E-state index contributed by atoms with van der Waals surface area (Å²) in [6.07, 6.45) is 6.03. The van der Waals surface area contributed by atoms with Gasteiger partial charge in [0.05, 0.1) is 11.0 Å². The molecule has 0 bridgehead atoms. The van der Waals surface area contributed by atoms with E-state index in [2.05, 4.69) is 48.9 Å². The van der Waals surface area contributed by atoms with E-state index in [4.69, 9.17) is 0 Å². The average Bonchev–Trinajstić information content (AvgIpc) is 3.04. The molecule has 1 aromatic carbocycles. The van der Waals surface area contributed by atoms with Gasteiger partial charge in [0.1, 0.15) is 10.9 Å². The topological polar surface area (TPSA) is 69.5 Å². The number of hydrogen-bond donors (Lipinski definition) is 1. The third-order valence-corrected chi connectivity index (χ3v) is 6.47. The second kappa shape index (κ2) is 7.03. The maximum absolute atomic E-state index is 12.7. The molecule has 2 heterocycles. The minimum atomic E-state index is -0.136. The number of allylic oxidation sites excluding steroid dienone is 1. The third kappa shape index (κ3) is 3.41. The first-order valence-corrected chi connectivity index (χ1v) is 10.5. The summed E-state index contributed by atoms with van der Waals surface area (Å²) in [5.74, 6) is 0.346. The molecule has 0 fully saturated rings. The number of nitrogens with zero attached hydrogens (tertiary/aromatic N) is 2. The molecule has 1 aliphatic carbocycles. The van der Waals surface area contributed by atoms with Gasteiger partial charge in [0.15, 0.2) is 5.82 Å². The van der Waals surface area contributed by atoms with Crippen molar-refractivity contribution in [1.82, 2.24) is 9.97 Å². The zero-order valence-corrected chi connectivity index (χ0v) is 17.2. The van der Waals surface area contributed by atoms with E-state index in [1.165, 1.54) is 16.9 Å². The van der Waals surface area contributed by atoms with Crippen LogP contribution in [0.2, 0.25) is 0 Å². The highest BCUT2D eigenvalue weighted by Crippen LogP contribution is 2.34. The lowest BCUT2D eigenvalue weighted by molar-refractivity contribution is 0.590. The number of thiophene rings is 1. The second-order valence-corrected chi connectivity index (χ2v) is 9.43. The van der Waals surface area contributed by atoms with E-state index in [0.717, 1.165) is 40.6 Å². The maximum atomic E-state index is 12.7. The smallest absolute Gasteiger partial charge is 0.260 e. The number of benzene rings is 1. The Balaban J connectivity index is 1.76. The molecule has 4 nitrogen and oxygen atoms in total. The van der Waals surface area contributed by atoms with Crippen molar-refractivity contribution >= 4 is 33.2 Å². The molecule has 0 saturated carbocycles. The lowest BCUT2D eigenvalue weighted by atomic mass is 9.86. The molecular formula is C23H23N3OS. The minimum Gasteiger partial charge on any atom is -0.305 e. The molecule has 0 unspecified atom stereocenters. The fraction of sp³-hybridized carbons (Fsp3) is 0.348. The number of nitrogens with one attached hydrogen (secondary N) is 1. The second-order valence-electron chi connectivity index (χ2n) is 8.35. The van der Waals surface area contributed by atoms with E-state index in [1.54, 1.807) is 17.4 Å². The highest BCUT2D eigenvalue weighted by molar-refractivity contribution is 7.18. The van der Waals surface area contributed by atoms with Crippen molar-refractivity contribution in [2.45, 2.75) is 51.9 Å². The number of aryl methyl sites for hydroxylation is 2. The zero-order valence-electron chi connectivity index (χ0n) is 16.4. The van der Waals surface area contributed by atoms with Crippen molar-refractivity contribution in [2.75, 3.05) is 0 Å².